The van der Waals surface area contributed by atoms with Gasteiger partial charge in [0, 0.05) is 12.0 Å². The molecule has 0 unspecified atom stereocenters. The van der Waals surface area contributed by atoms with E-state index in [9.17, 15) is 9.59 Å². The number of hydrogen-bond donors (Lipinski definition) is 1. The van der Waals surface area contributed by atoms with Gasteiger partial charge in [-0.25, -0.2) is 0 Å². The molecule has 2 rings (SSSR count). The van der Waals surface area contributed by atoms with Gasteiger partial charge in [-0.3, -0.25) is 9.59 Å². The SMILES string of the molecule is CCNC(=O)[C@@]12CC[C@](C)(C(=O)O1)C2(C)C. The fraction of sp³-hybridized carbons (Fsp3) is 0.833. The highest BCUT2D eigenvalue weighted by atomic mass is 16.6. The van der Waals surface area contributed by atoms with Gasteiger partial charge in [0.25, 0.3) is 5.91 Å². The van der Waals surface area contributed by atoms with Crippen LogP contribution < -0.4 is 5.32 Å². The Bertz CT molecular complexity index is 363. The molecule has 16 heavy (non-hydrogen) atoms. The van der Waals surface area contributed by atoms with E-state index in [4.69, 9.17) is 4.74 Å². The highest BCUT2D eigenvalue weighted by molar-refractivity contribution is 5.96. The lowest BCUT2D eigenvalue weighted by Gasteiger charge is -2.35. The Hall–Kier alpha value is -1.06. The summed E-state index contributed by atoms with van der Waals surface area (Å²) >= 11 is 0. The van der Waals surface area contributed by atoms with Crippen molar-refractivity contribution < 1.29 is 14.3 Å². The monoisotopic (exact) mass is 225 g/mol. The lowest BCUT2D eigenvalue weighted by Crippen LogP contribution is -2.53. The molecule has 1 amide bonds. The zero-order valence-corrected chi connectivity index (χ0v) is 10.3. The molecule has 2 atom stereocenters. The number of hydrogen-bond acceptors (Lipinski definition) is 3. The number of fused-ring (bicyclic) bond motifs is 2. The number of carbonyl (C=O) groups is 2. The summed E-state index contributed by atoms with van der Waals surface area (Å²) in [5.41, 5.74) is -1.90. The average Bonchev–Trinajstić information content (AvgIpc) is 2.48. The van der Waals surface area contributed by atoms with Crippen molar-refractivity contribution in [2.24, 2.45) is 10.8 Å². The quantitative estimate of drug-likeness (QED) is 0.719. The molecule has 1 saturated heterocycles. The van der Waals surface area contributed by atoms with Crippen LogP contribution in [0.2, 0.25) is 0 Å². The molecule has 1 saturated carbocycles. The molecule has 2 bridgehead atoms. The Morgan fingerprint density at radius 1 is 1.38 bits per heavy atom. The number of nitrogens with one attached hydrogen (secondary N) is 1. The molecule has 0 radical (unpaired) electrons. The van der Waals surface area contributed by atoms with E-state index >= 15 is 0 Å². The standard InChI is InChI=1S/C12H19NO3/c1-5-13-8(14)12-7-6-11(4,9(15)16-12)10(12,2)3/h5-7H2,1-4H3,(H,13,14)/t11-,12-/m1/s1. The minimum atomic E-state index is -0.950. The third-order valence-electron chi connectivity index (χ3n) is 4.79. The number of likely N-dealkylation sites (N-methyl/N-ethyl adjacent to an activating group) is 1. The molecule has 90 valence electrons. The summed E-state index contributed by atoms with van der Waals surface area (Å²) in [6.45, 7) is 8.25. The Morgan fingerprint density at radius 3 is 2.38 bits per heavy atom. The van der Waals surface area contributed by atoms with E-state index in [1.54, 1.807) is 0 Å². The molecule has 0 aromatic heterocycles. The average molecular weight is 225 g/mol. The number of esters is 1. The van der Waals surface area contributed by atoms with Gasteiger partial charge in [-0.2, -0.15) is 0 Å². The van der Waals surface area contributed by atoms with Crippen molar-refractivity contribution in [2.45, 2.75) is 46.1 Å². The van der Waals surface area contributed by atoms with Crippen LogP contribution in [-0.4, -0.2) is 24.0 Å². The Labute approximate surface area is 95.7 Å². The van der Waals surface area contributed by atoms with Crippen LogP contribution in [-0.2, 0) is 14.3 Å². The van der Waals surface area contributed by atoms with Crippen LogP contribution in [0.3, 0.4) is 0 Å². The molecule has 2 fully saturated rings. The summed E-state index contributed by atoms with van der Waals surface area (Å²) in [5.74, 6) is -0.371. The van der Waals surface area contributed by atoms with E-state index < -0.39 is 16.4 Å². The first-order chi connectivity index (χ1) is 7.32. The van der Waals surface area contributed by atoms with Gasteiger partial charge in [-0.05, 0) is 26.7 Å². The van der Waals surface area contributed by atoms with E-state index in [0.29, 0.717) is 13.0 Å². The summed E-state index contributed by atoms with van der Waals surface area (Å²) in [7, 11) is 0. The number of ether oxygens (including phenoxy) is 1. The van der Waals surface area contributed by atoms with Crippen molar-refractivity contribution >= 4 is 11.9 Å². The van der Waals surface area contributed by atoms with Gasteiger partial charge in [0.2, 0.25) is 0 Å². The van der Waals surface area contributed by atoms with Gasteiger partial charge in [-0.15, -0.1) is 0 Å². The molecule has 1 aliphatic heterocycles. The van der Waals surface area contributed by atoms with E-state index in [0.717, 1.165) is 6.42 Å². The third-order valence-corrected chi connectivity index (χ3v) is 4.79. The van der Waals surface area contributed by atoms with Crippen LogP contribution >= 0.6 is 0 Å². The third kappa shape index (κ3) is 0.955. The van der Waals surface area contributed by atoms with Gasteiger partial charge in [0.1, 0.15) is 0 Å². The first-order valence-corrected chi connectivity index (χ1v) is 5.83. The summed E-state index contributed by atoms with van der Waals surface area (Å²) < 4.78 is 5.43. The highest BCUT2D eigenvalue weighted by Crippen LogP contribution is 2.65. The summed E-state index contributed by atoms with van der Waals surface area (Å²) in [5, 5.41) is 2.78. The predicted molar refractivity (Wildman–Crippen MR) is 58.6 cm³/mol. The fourth-order valence-electron chi connectivity index (χ4n) is 3.05. The topological polar surface area (TPSA) is 55.4 Å². The second-order valence-electron chi connectivity index (χ2n) is 5.53. The molecule has 1 aliphatic carbocycles. The maximum absolute atomic E-state index is 12.1. The van der Waals surface area contributed by atoms with E-state index in [1.807, 2.05) is 27.7 Å². The minimum absolute atomic E-state index is 0.144. The molecular formula is C12H19NO3. The van der Waals surface area contributed by atoms with Crippen molar-refractivity contribution in [2.75, 3.05) is 6.54 Å². The van der Waals surface area contributed by atoms with Crippen LogP contribution in [0, 0.1) is 10.8 Å². The molecule has 0 aromatic rings. The van der Waals surface area contributed by atoms with Gasteiger partial charge in [-0.1, -0.05) is 13.8 Å². The normalized spacial score (nSPS) is 39.6. The van der Waals surface area contributed by atoms with Gasteiger partial charge < -0.3 is 10.1 Å². The van der Waals surface area contributed by atoms with Crippen molar-refractivity contribution in [1.82, 2.24) is 5.32 Å². The van der Waals surface area contributed by atoms with Gasteiger partial charge in [0.05, 0.1) is 5.41 Å². The molecule has 4 heteroatoms. The zero-order valence-electron chi connectivity index (χ0n) is 10.3. The Morgan fingerprint density at radius 2 is 2.00 bits per heavy atom. The van der Waals surface area contributed by atoms with Crippen molar-refractivity contribution in [3.63, 3.8) is 0 Å². The van der Waals surface area contributed by atoms with Crippen molar-refractivity contribution in [1.29, 1.82) is 0 Å². The second kappa shape index (κ2) is 2.99. The lowest BCUT2D eigenvalue weighted by molar-refractivity contribution is -0.168. The highest BCUT2D eigenvalue weighted by Gasteiger charge is 2.75. The van der Waals surface area contributed by atoms with Crippen LogP contribution in [0.15, 0.2) is 0 Å². The molecular weight excluding hydrogens is 206 g/mol. The van der Waals surface area contributed by atoms with Crippen LogP contribution in [0.5, 0.6) is 0 Å². The number of rotatable bonds is 2. The van der Waals surface area contributed by atoms with E-state index in [-0.39, 0.29) is 11.9 Å². The lowest BCUT2D eigenvalue weighted by atomic mass is 9.66. The smallest absolute Gasteiger partial charge is 0.313 e. The fourth-order valence-corrected chi connectivity index (χ4v) is 3.05. The summed E-state index contributed by atoms with van der Waals surface area (Å²) in [4.78, 5) is 24.0. The Kier molecular flexibility index (Phi) is 2.14. The van der Waals surface area contributed by atoms with Crippen LogP contribution in [0.1, 0.15) is 40.5 Å². The van der Waals surface area contributed by atoms with Crippen LogP contribution in [0.4, 0.5) is 0 Å². The van der Waals surface area contributed by atoms with Gasteiger partial charge >= 0.3 is 5.97 Å². The molecule has 0 aromatic carbocycles. The maximum Gasteiger partial charge on any atom is 0.313 e. The second-order valence-corrected chi connectivity index (χ2v) is 5.53. The van der Waals surface area contributed by atoms with E-state index in [1.165, 1.54) is 0 Å². The summed E-state index contributed by atoms with van der Waals surface area (Å²) in [6, 6.07) is 0. The molecule has 0 spiro atoms. The van der Waals surface area contributed by atoms with E-state index in [2.05, 4.69) is 5.32 Å². The molecule has 4 nitrogen and oxygen atoms in total. The van der Waals surface area contributed by atoms with Crippen molar-refractivity contribution in [3.05, 3.63) is 0 Å². The van der Waals surface area contributed by atoms with Crippen molar-refractivity contribution in [3.8, 4) is 0 Å². The molecule has 1 N–H and O–H groups in total. The van der Waals surface area contributed by atoms with Gasteiger partial charge in [0.15, 0.2) is 5.60 Å². The predicted octanol–water partition coefficient (Wildman–Crippen LogP) is 1.24. The maximum atomic E-state index is 12.1. The molecule has 1 heterocycles. The zero-order chi connectivity index (χ0) is 12.2. The van der Waals surface area contributed by atoms with Crippen LogP contribution in [0.25, 0.3) is 0 Å². The largest absolute Gasteiger partial charge is 0.448 e. The summed E-state index contributed by atoms with van der Waals surface area (Å²) in [6.07, 6.45) is 1.37. The Balaban J connectivity index is 2.44. The first-order valence-electron chi connectivity index (χ1n) is 5.83. The minimum Gasteiger partial charge on any atom is -0.448 e. The first kappa shape index (κ1) is 11.4. The number of carbonyl (C=O) groups excluding carboxylic acids is 2. The number of amides is 1. The molecule has 2 aliphatic rings.